The third-order valence-electron chi connectivity index (χ3n) is 4.03. The summed E-state index contributed by atoms with van der Waals surface area (Å²) in [6.07, 6.45) is 4.90. The van der Waals surface area contributed by atoms with Gasteiger partial charge in [-0.05, 0) is 26.2 Å². The van der Waals surface area contributed by atoms with Crippen molar-refractivity contribution in [2.75, 3.05) is 19.6 Å². The summed E-state index contributed by atoms with van der Waals surface area (Å²) in [5, 5.41) is 10.5. The van der Waals surface area contributed by atoms with Crippen molar-refractivity contribution in [1.29, 1.82) is 0 Å². The van der Waals surface area contributed by atoms with Gasteiger partial charge < -0.3 is 10.2 Å². The Labute approximate surface area is 119 Å². The molecule has 0 radical (unpaired) electrons. The van der Waals surface area contributed by atoms with Gasteiger partial charge in [0, 0.05) is 36.9 Å². The predicted octanol–water partition coefficient (Wildman–Crippen LogP) is 1.07. The van der Waals surface area contributed by atoms with E-state index in [1.807, 2.05) is 11.1 Å². The van der Waals surface area contributed by atoms with Crippen LogP contribution in [0.5, 0.6) is 0 Å². The predicted molar refractivity (Wildman–Crippen MR) is 75.6 cm³/mol. The van der Waals surface area contributed by atoms with Crippen molar-refractivity contribution < 1.29 is 4.79 Å². The highest BCUT2D eigenvalue weighted by molar-refractivity contribution is 5.85. The molecular formula is C13H21ClN4O. The van der Waals surface area contributed by atoms with Crippen molar-refractivity contribution in [3.05, 3.63) is 17.5 Å². The molecule has 0 bridgehead atoms. The number of halogens is 1. The second kappa shape index (κ2) is 5.92. The minimum Gasteiger partial charge on any atom is -0.339 e. The summed E-state index contributed by atoms with van der Waals surface area (Å²) in [4.78, 5) is 14.6. The Hall–Kier alpha value is -1.07. The monoisotopic (exact) mass is 284 g/mol. The van der Waals surface area contributed by atoms with Crippen LogP contribution in [-0.2, 0) is 11.2 Å². The molecule has 1 aromatic rings. The van der Waals surface area contributed by atoms with E-state index < -0.39 is 0 Å². The van der Waals surface area contributed by atoms with Crippen LogP contribution in [0.25, 0.3) is 0 Å². The molecule has 1 amide bonds. The minimum absolute atomic E-state index is 0. The number of aryl methyl sites for hydroxylation is 1. The summed E-state index contributed by atoms with van der Waals surface area (Å²) in [6, 6.07) is 0.398. The van der Waals surface area contributed by atoms with Crippen LogP contribution in [0.15, 0.2) is 6.20 Å². The number of carbonyl (C=O) groups is 1. The largest absolute Gasteiger partial charge is 0.339 e. The Morgan fingerprint density at radius 1 is 1.53 bits per heavy atom. The van der Waals surface area contributed by atoms with Crippen LogP contribution in [0.1, 0.15) is 36.9 Å². The zero-order chi connectivity index (χ0) is 12.5. The molecule has 6 heteroatoms. The highest BCUT2D eigenvalue weighted by Crippen LogP contribution is 2.31. The molecule has 0 saturated carbocycles. The van der Waals surface area contributed by atoms with Crippen LogP contribution >= 0.6 is 12.4 Å². The molecule has 1 fully saturated rings. The molecule has 2 atom stereocenters. The van der Waals surface area contributed by atoms with E-state index in [0.29, 0.717) is 6.04 Å². The van der Waals surface area contributed by atoms with Gasteiger partial charge in [-0.3, -0.25) is 9.89 Å². The number of rotatable bonds is 1. The molecule has 2 heterocycles. The maximum atomic E-state index is 12.6. The Morgan fingerprint density at radius 3 is 3.16 bits per heavy atom. The van der Waals surface area contributed by atoms with Crippen molar-refractivity contribution in [3.63, 3.8) is 0 Å². The van der Waals surface area contributed by atoms with Gasteiger partial charge in [0.05, 0.1) is 12.1 Å². The molecule has 0 spiro atoms. The molecule has 3 rings (SSSR count). The van der Waals surface area contributed by atoms with Gasteiger partial charge in [-0.15, -0.1) is 12.4 Å². The SMILES string of the molecule is C[C@@H]1CN(C(=O)C2CCCc3[nH]ncc32)CCN1.Cl. The van der Waals surface area contributed by atoms with E-state index >= 15 is 0 Å². The average molecular weight is 285 g/mol. The topological polar surface area (TPSA) is 61.0 Å². The van der Waals surface area contributed by atoms with Gasteiger partial charge in [0.15, 0.2) is 0 Å². The van der Waals surface area contributed by atoms with Crippen molar-refractivity contribution in [2.24, 2.45) is 0 Å². The van der Waals surface area contributed by atoms with Gasteiger partial charge in [-0.2, -0.15) is 5.10 Å². The lowest BCUT2D eigenvalue weighted by molar-refractivity contribution is -0.134. The number of piperazine rings is 1. The zero-order valence-electron chi connectivity index (χ0n) is 11.2. The Morgan fingerprint density at radius 2 is 2.37 bits per heavy atom. The molecular weight excluding hydrogens is 264 g/mol. The van der Waals surface area contributed by atoms with Crippen LogP contribution in [0, 0.1) is 0 Å². The van der Waals surface area contributed by atoms with E-state index in [2.05, 4.69) is 22.4 Å². The summed E-state index contributed by atoms with van der Waals surface area (Å²) < 4.78 is 0. The first-order valence-corrected chi connectivity index (χ1v) is 6.80. The summed E-state index contributed by atoms with van der Waals surface area (Å²) in [5.74, 6) is 0.309. The van der Waals surface area contributed by atoms with E-state index in [1.54, 1.807) is 0 Å². The molecule has 0 aromatic carbocycles. The maximum absolute atomic E-state index is 12.6. The number of nitrogens with one attached hydrogen (secondary N) is 2. The molecule has 1 saturated heterocycles. The van der Waals surface area contributed by atoms with E-state index in [9.17, 15) is 4.79 Å². The van der Waals surface area contributed by atoms with Crippen LogP contribution in [0.3, 0.4) is 0 Å². The number of amides is 1. The first-order chi connectivity index (χ1) is 8.75. The Balaban J connectivity index is 0.00000133. The maximum Gasteiger partial charge on any atom is 0.230 e. The smallest absolute Gasteiger partial charge is 0.230 e. The van der Waals surface area contributed by atoms with Gasteiger partial charge in [0.1, 0.15) is 0 Å². The molecule has 1 aromatic heterocycles. The molecule has 106 valence electrons. The normalized spacial score (nSPS) is 26.5. The van der Waals surface area contributed by atoms with Crippen LogP contribution in [-0.4, -0.2) is 46.7 Å². The third kappa shape index (κ3) is 2.77. The summed E-state index contributed by atoms with van der Waals surface area (Å²) in [5.41, 5.74) is 2.28. The second-order valence-electron chi connectivity index (χ2n) is 5.39. The molecule has 5 nitrogen and oxygen atoms in total. The number of H-pyrrole nitrogens is 1. The molecule has 1 aliphatic heterocycles. The van der Waals surface area contributed by atoms with Gasteiger partial charge in [0.2, 0.25) is 5.91 Å². The van der Waals surface area contributed by atoms with E-state index in [1.165, 1.54) is 0 Å². The standard InChI is InChI=1S/C13H20N4O.ClH/c1-9-8-17(6-5-14-9)13(18)10-3-2-4-12-11(10)7-15-16-12;/h7,9-10,14H,2-6,8H2,1H3,(H,15,16);1H/t9-,10?;/m1./s1. The van der Waals surface area contributed by atoms with Crippen molar-refractivity contribution in [1.82, 2.24) is 20.4 Å². The van der Waals surface area contributed by atoms with Gasteiger partial charge in [0.25, 0.3) is 0 Å². The fourth-order valence-corrected chi connectivity index (χ4v) is 3.07. The minimum atomic E-state index is 0. The van der Waals surface area contributed by atoms with E-state index in [-0.39, 0.29) is 24.2 Å². The van der Waals surface area contributed by atoms with Crippen LogP contribution in [0.2, 0.25) is 0 Å². The lowest BCUT2D eigenvalue weighted by Crippen LogP contribution is -2.52. The van der Waals surface area contributed by atoms with Crippen LogP contribution in [0.4, 0.5) is 0 Å². The number of nitrogens with zero attached hydrogens (tertiary/aromatic N) is 2. The second-order valence-corrected chi connectivity index (χ2v) is 5.39. The first kappa shape index (κ1) is 14.3. The van der Waals surface area contributed by atoms with Crippen molar-refractivity contribution in [3.8, 4) is 0 Å². The van der Waals surface area contributed by atoms with E-state index in [0.717, 1.165) is 50.2 Å². The molecule has 19 heavy (non-hydrogen) atoms. The fourth-order valence-electron chi connectivity index (χ4n) is 3.07. The summed E-state index contributed by atoms with van der Waals surface area (Å²) in [6.45, 7) is 4.68. The number of carbonyl (C=O) groups excluding carboxylic acids is 1. The molecule has 2 aliphatic rings. The number of hydrogen-bond acceptors (Lipinski definition) is 3. The Kier molecular flexibility index (Phi) is 4.47. The average Bonchev–Trinajstić information content (AvgIpc) is 2.86. The summed E-state index contributed by atoms with van der Waals surface area (Å²) >= 11 is 0. The first-order valence-electron chi connectivity index (χ1n) is 6.80. The lowest BCUT2D eigenvalue weighted by atomic mass is 9.86. The summed E-state index contributed by atoms with van der Waals surface area (Å²) in [7, 11) is 0. The number of fused-ring (bicyclic) bond motifs is 1. The highest BCUT2D eigenvalue weighted by Gasteiger charge is 2.32. The van der Waals surface area contributed by atoms with E-state index in [4.69, 9.17) is 0 Å². The molecule has 1 unspecified atom stereocenters. The molecule has 2 N–H and O–H groups in total. The number of aromatic nitrogens is 2. The van der Waals surface area contributed by atoms with Crippen LogP contribution < -0.4 is 5.32 Å². The third-order valence-corrected chi connectivity index (χ3v) is 4.03. The van der Waals surface area contributed by atoms with Gasteiger partial charge in [-0.25, -0.2) is 0 Å². The number of aromatic amines is 1. The molecule has 1 aliphatic carbocycles. The quantitative estimate of drug-likeness (QED) is 0.811. The van der Waals surface area contributed by atoms with Gasteiger partial charge in [-0.1, -0.05) is 0 Å². The van der Waals surface area contributed by atoms with Crippen molar-refractivity contribution >= 4 is 18.3 Å². The highest BCUT2D eigenvalue weighted by atomic mass is 35.5. The lowest BCUT2D eigenvalue weighted by Gasteiger charge is -2.35. The zero-order valence-corrected chi connectivity index (χ0v) is 12.0. The Bertz CT molecular complexity index is 448. The van der Waals surface area contributed by atoms with Crippen molar-refractivity contribution in [2.45, 2.75) is 38.1 Å². The van der Waals surface area contributed by atoms with Gasteiger partial charge >= 0.3 is 0 Å². The number of hydrogen-bond donors (Lipinski definition) is 2. The fraction of sp³-hybridized carbons (Fsp3) is 0.692.